The van der Waals surface area contributed by atoms with Gasteiger partial charge in [-0.3, -0.25) is 0 Å². The Kier molecular flexibility index (Phi) is 5.18. The molecule has 0 spiro atoms. The van der Waals surface area contributed by atoms with Gasteiger partial charge in [0, 0.05) is 18.8 Å². The summed E-state index contributed by atoms with van der Waals surface area (Å²) in [7, 11) is 0. The second-order valence-electron chi connectivity index (χ2n) is 4.12. The first kappa shape index (κ1) is 11.4. The van der Waals surface area contributed by atoms with E-state index in [0.717, 1.165) is 5.41 Å². The van der Waals surface area contributed by atoms with Gasteiger partial charge in [0.15, 0.2) is 0 Å². The summed E-state index contributed by atoms with van der Waals surface area (Å²) in [6.45, 7) is 6.99. The lowest BCUT2D eigenvalue weighted by Crippen LogP contribution is -2.26. The Labute approximate surface area is 87.1 Å². The zero-order valence-corrected chi connectivity index (χ0v) is 9.88. The molecular formula is C11H23NS. The van der Waals surface area contributed by atoms with Gasteiger partial charge in [-0.05, 0) is 30.4 Å². The first-order chi connectivity index (χ1) is 6.33. The monoisotopic (exact) mass is 201 g/mol. The van der Waals surface area contributed by atoms with E-state index in [9.17, 15) is 0 Å². The average molecular weight is 201 g/mol. The maximum Gasteiger partial charge on any atom is 0.00580 e. The molecule has 1 saturated carbocycles. The molecule has 1 aliphatic carbocycles. The maximum absolute atomic E-state index is 3.59. The van der Waals surface area contributed by atoms with Crippen molar-refractivity contribution in [3.63, 3.8) is 0 Å². The van der Waals surface area contributed by atoms with Crippen LogP contribution < -0.4 is 5.32 Å². The molecule has 2 heteroatoms. The van der Waals surface area contributed by atoms with Crippen LogP contribution in [0.3, 0.4) is 0 Å². The van der Waals surface area contributed by atoms with Crippen LogP contribution in [0.2, 0.25) is 0 Å². The minimum atomic E-state index is 0.728. The van der Waals surface area contributed by atoms with Crippen molar-refractivity contribution in [1.82, 2.24) is 5.32 Å². The van der Waals surface area contributed by atoms with Gasteiger partial charge in [0.05, 0.1) is 0 Å². The second kappa shape index (κ2) is 5.92. The van der Waals surface area contributed by atoms with E-state index in [0.29, 0.717) is 0 Å². The van der Waals surface area contributed by atoms with E-state index in [1.54, 1.807) is 0 Å². The van der Waals surface area contributed by atoms with Crippen LogP contribution >= 0.6 is 11.8 Å². The fraction of sp³-hybridized carbons (Fsp3) is 1.00. The lowest BCUT2D eigenvalue weighted by Gasteiger charge is -2.14. The first-order valence-electron chi connectivity index (χ1n) is 5.61. The maximum atomic E-state index is 3.59. The molecule has 78 valence electrons. The molecule has 1 nitrogen and oxygen atoms in total. The highest BCUT2D eigenvalue weighted by atomic mass is 32.2. The van der Waals surface area contributed by atoms with E-state index in [-0.39, 0.29) is 0 Å². The Bertz CT molecular complexity index is 132. The molecule has 0 aliphatic heterocycles. The van der Waals surface area contributed by atoms with Gasteiger partial charge < -0.3 is 5.32 Å². The Morgan fingerprint density at radius 1 is 1.31 bits per heavy atom. The van der Waals surface area contributed by atoms with Crippen LogP contribution in [0.4, 0.5) is 0 Å². The van der Waals surface area contributed by atoms with E-state index in [2.05, 4.69) is 19.2 Å². The zero-order valence-electron chi connectivity index (χ0n) is 9.07. The quantitative estimate of drug-likeness (QED) is 0.606. The number of thioether (sulfide) groups is 1. The van der Waals surface area contributed by atoms with Crippen LogP contribution in [0, 0.1) is 5.41 Å². The highest BCUT2D eigenvalue weighted by molar-refractivity contribution is 7.99. The van der Waals surface area contributed by atoms with Crippen molar-refractivity contribution in [2.24, 2.45) is 5.41 Å². The molecule has 0 aromatic carbocycles. The number of hydrogen-bond acceptors (Lipinski definition) is 2. The molecule has 0 heterocycles. The normalized spacial score (nSPS) is 18.9. The fourth-order valence-electron chi connectivity index (χ4n) is 1.86. The molecular weight excluding hydrogens is 178 g/mol. The largest absolute Gasteiger partial charge is 0.315 e. The van der Waals surface area contributed by atoms with Crippen LogP contribution in [0.1, 0.15) is 39.5 Å². The zero-order chi connectivity index (χ0) is 9.57. The molecule has 1 N–H and O–H groups in total. The fourth-order valence-corrected chi connectivity index (χ4v) is 2.44. The van der Waals surface area contributed by atoms with Crippen LogP contribution in [-0.4, -0.2) is 24.6 Å². The third-order valence-corrected chi connectivity index (χ3v) is 3.77. The summed E-state index contributed by atoms with van der Waals surface area (Å²) in [5.74, 6) is 2.53. The number of rotatable bonds is 8. The summed E-state index contributed by atoms with van der Waals surface area (Å²) in [5, 5.41) is 3.59. The molecule has 0 saturated heterocycles. The van der Waals surface area contributed by atoms with Gasteiger partial charge in [-0.15, -0.1) is 0 Å². The standard InChI is InChI=1S/C11H23NS/c1-3-5-11(6-7-11)10-12-8-9-13-4-2/h12H,3-10H2,1-2H3. The molecule has 0 bridgehead atoms. The summed E-state index contributed by atoms with van der Waals surface area (Å²) >= 11 is 2.03. The Morgan fingerprint density at radius 3 is 2.62 bits per heavy atom. The van der Waals surface area contributed by atoms with Gasteiger partial charge in [0.1, 0.15) is 0 Å². The molecule has 13 heavy (non-hydrogen) atoms. The predicted octanol–water partition coefficient (Wildman–Crippen LogP) is 2.91. The number of nitrogens with one attached hydrogen (secondary N) is 1. The Morgan fingerprint density at radius 2 is 2.08 bits per heavy atom. The van der Waals surface area contributed by atoms with Gasteiger partial charge in [0.2, 0.25) is 0 Å². The topological polar surface area (TPSA) is 12.0 Å². The van der Waals surface area contributed by atoms with Crippen LogP contribution in [0.15, 0.2) is 0 Å². The Hall–Kier alpha value is 0.310. The smallest absolute Gasteiger partial charge is 0.00580 e. The molecule has 1 fully saturated rings. The SMILES string of the molecule is CCCC1(CNCCSCC)CC1. The van der Waals surface area contributed by atoms with Crippen LogP contribution in [-0.2, 0) is 0 Å². The summed E-state index contributed by atoms with van der Waals surface area (Å²) in [4.78, 5) is 0. The van der Waals surface area contributed by atoms with Gasteiger partial charge in [-0.2, -0.15) is 11.8 Å². The van der Waals surface area contributed by atoms with Crippen molar-refractivity contribution in [3.05, 3.63) is 0 Å². The van der Waals surface area contributed by atoms with E-state index < -0.39 is 0 Å². The molecule has 1 aliphatic rings. The highest BCUT2D eigenvalue weighted by Gasteiger charge is 2.40. The Balaban J connectivity index is 1.93. The highest BCUT2D eigenvalue weighted by Crippen LogP contribution is 2.48. The van der Waals surface area contributed by atoms with Crippen molar-refractivity contribution >= 4 is 11.8 Å². The molecule has 0 radical (unpaired) electrons. The molecule has 0 amide bonds. The van der Waals surface area contributed by atoms with Crippen molar-refractivity contribution in [2.45, 2.75) is 39.5 Å². The average Bonchev–Trinajstić information content (AvgIpc) is 2.86. The second-order valence-corrected chi connectivity index (χ2v) is 5.52. The van der Waals surface area contributed by atoms with Crippen molar-refractivity contribution in [3.8, 4) is 0 Å². The van der Waals surface area contributed by atoms with Crippen molar-refractivity contribution in [2.75, 3.05) is 24.6 Å². The molecule has 0 aromatic heterocycles. The van der Waals surface area contributed by atoms with E-state index in [4.69, 9.17) is 0 Å². The molecule has 0 unspecified atom stereocenters. The van der Waals surface area contributed by atoms with Gasteiger partial charge >= 0.3 is 0 Å². The minimum absolute atomic E-state index is 0.728. The van der Waals surface area contributed by atoms with E-state index in [1.807, 2.05) is 11.8 Å². The summed E-state index contributed by atoms with van der Waals surface area (Å²) in [6, 6.07) is 0. The summed E-state index contributed by atoms with van der Waals surface area (Å²) < 4.78 is 0. The minimum Gasteiger partial charge on any atom is -0.315 e. The third-order valence-electron chi connectivity index (χ3n) is 2.86. The van der Waals surface area contributed by atoms with Crippen molar-refractivity contribution < 1.29 is 0 Å². The molecule has 1 rings (SSSR count). The van der Waals surface area contributed by atoms with E-state index >= 15 is 0 Å². The lowest BCUT2D eigenvalue weighted by molar-refractivity contribution is 0.428. The van der Waals surface area contributed by atoms with Gasteiger partial charge in [-0.1, -0.05) is 20.3 Å². The van der Waals surface area contributed by atoms with Gasteiger partial charge in [-0.25, -0.2) is 0 Å². The van der Waals surface area contributed by atoms with Crippen molar-refractivity contribution in [1.29, 1.82) is 0 Å². The first-order valence-corrected chi connectivity index (χ1v) is 6.77. The third kappa shape index (κ3) is 4.37. The molecule has 0 aromatic rings. The number of hydrogen-bond donors (Lipinski definition) is 1. The predicted molar refractivity (Wildman–Crippen MR) is 62.4 cm³/mol. The van der Waals surface area contributed by atoms with Gasteiger partial charge in [0.25, 0.3) is 0 Å². The summed E-state index contributed by atoms with van der Waals surface area (Å²) in [6.07, 6.45) is 5.72. The van der Waals surface area contributed by atoms with Crippen LogP contribution in [0.25, 0.3) is 0 Å². The molecule has 0 atom stereocenters. The summed E-state index contributed by atoms with van der Waals surface area (Å²) in [5.41, 5.74) is 0.728. The van der Waals surface area contributed by atoms with E-state index in [1.165, 1.54) is 50.3 Å². The van der Waals surface area contributed by atoms with Crippen LogP contribution in [0.5, 0.6) is 0 Å². The lowest BCUT2D eigenvalue weighted by atomic mass is 10.0.